The first-order chi connectivity index (χ1) is 12.0. The van der Waals surface area contributed by atoms with Gasteiger partial charge < -0.3 is 15.5 Å². The molecule has 25 heavy (non-hydrogen) atoms. The van der Waals surface area contributed by atoms with E-state index in [0.717, 1.165) is 23.6 Å². The third-order valence-electron chi connectivity index (χ3n) is 5.37. The van der Waals surface area contributed by atoms with Crippen molar-refractivity contribution in [3.8, 4) is 0 Å². The molecule has 136 valence electrons. The van der Waals surface area contributed by atoms with Crippen LogP contribution in [-0.2, 0) is 4.79 Å². The van der Waals surface area contributed by atoms with Crippen LogP contribution in [0.1, 0.15) is 48.3 Å². The molecule has 2 heterocycles. The number of hydrogen-bond donors (Lipinski definition) is 2. The highest BCUT2D eigenvalue weighted by Crippen LogP contribution is 2.42. The summed E-state index contributed by atoms with van der Waals surface area (Å²) >= 11 is 1.64. The van der Waals surface area contributed by atoms with Crippen LogP contribution in [0.5, 0.6) is 0 Å². The topological polar surface area (TPSA) is 44.4 Å². The Kier molecular flexibility index (Phi) is 5.74. The number of aryl methyl sites for hydroxylation is 2. The summed E-state index contributed by atoms with van der Waals surface area (Å²) in [6.45, 7) is 8.20. The predicted octanol–water partition coefficient (Wildman–Crippen LogP) is 3.47. The van der Waals surface area contributed by atoms with Gasteiger partial charge in [-0.05, 0) is 70.3 Å². The molecular formula is C20H29N3OS. The number of likely N-dealkylation sites (tertiary alicyclic amines) is 1. The molecule has 4 nitrogen and oxygen atoms in total. The zero-order chi connectivity index (χ0) is 18.0. The van der Waals surface area contributed by atoms with E-state index in [1.54, 1.807) is 11.8 Å². The summed E-state index contributed by atoms with van der Waals surface area (Å²) in [6.07, 6.45) is 3.56. The largest absolute Gasteiger partial charge is 0.372 e. The molecule has 0 bridgehead atoms. The molecule has 1 fully saturated rings. The second-order valence-corrected chi connectivity index (χ2v) is 8.34. The minimum Gasteiger partial charge on any atom is -0.372 e. The van der Waals surface area contributed by atoms with E-state index in [-0.39, 0.29) is 11.3 Å². The van der Waals surface area contributed by atoms with Gasteiger partial charge in [0.25, 0.3) is 5.91 Å². The standard InChI is InChI=1S/C20H29N3OS/c1-13-7-5-8-14(2)17(13)20-22-15(3)18(25-20)19(24)21-11-10-16-9-6-12-23(16)4/h5,7-8,16,20,22H,6,9-12H2,1-4H3,(H,21,24). The molecule has 0 aromatic heterocycles. The minimum atomic E-state index is 0.0596. The van der Waals surface area contributed by atoms with Crippen LogP contribution in [0.25, 0.3) is 0 Å². The highest BCUT2D eigenvalue weighted by Gasteiger charge is 2.29. The van der Waals surface area contributed by atoms with Crippen LogP contribution < -0.4 is 10.6 Å². The van der Waals surface area contributed by atoms with E-state index < -0.39 is 0 Å². The molecule has 0 saturated carbocycles. The van der Waals surface area contributed by atoms with E-state index in [2.05, 4.69) is 54.6 Å². The van der Waals surface area contributed by atoms with Gasteiger partial charge in [-0.1, -0.05) is 30.0 Å². The van der Waals surface area contributed by atoms with Crippen LogP contribution >= 0.6 is 11.8 Å². The molecule has 3 rings (SSSR count). The summed E-state index contributed by atoms with van der Waals surface area (Å²) in [6, 6.07) is 6.97. The van der Waals surface area contributed by atoms with E-state index in [4.69, 9.17) is 0 Å². The molecule has 2 aliphatic rings. The van der Waals surface area contributed by atoms with Crippen molar-refractivity contribution in [3.05, 3.63) is 45.5 Å². The molecule has 2 atom stereocenters. The maximum atomic E-state index is 12.6. The number of thioether (sulfide) groups is 1. The van der Waals surface area contributed by atoms with Crippen LogP contribution in [0.15, 0.2) is 28.8 Å². The Morgan fingerprint density at radius 2 is 2.04 bits per heavy atom. The van der Waals surface area contributed by atoms with Crippen LogP contribution in [-0.4, -0.2) is 37.0 Å². The normalized spacial score (nSPS) is 23.8. The second-order valence-electron chi connectivity index (χ2n) is 7.22. The average Bonchev–Trinajstić information content (AvgIpc) is 3.13. The Morgan fingerprint density at radius 1 is 1.32 bits per heavy atom. The van der Waals surface area contributed by atoms with Gasteiger partial charge in [0.05, 0.1) is 4.91 Å². The third kappa shape index (κ3) is 4.04. The number of carbonyl (C=O) groups is 1. The Labute approximate surface area is 155 Å². The van der Waals surface area contributed by atoms with Crippen LogP contribution in [0.3, 0.4) is 0 Å². The Bertz CT molecular complexity index is 665. The highest BCUT2D eigenvalue weighted by atomic mass is 32.2. The Morgan fingerprint density at radius 3 is 2.68 bits per heavy atom. The first-order valence-corrected chi connectivity index (χ1v) is 10.0. The van der Waals surface area contributed by atoms with Gasteiger partial charge in [0.15, 0.2) is 0 Å². The number of hydrogen-bond acceptors (Lipinski definition) is 4. The summed E-state index contributed by atoms with van der Waals surface area (Å²) in [4.78, 5) is 15.8. The molecule has 1 saturated heterocycles. The fourth-order valence-electron chi connectivity index (χ4n) is 3.87. The van der Waals surface area contributed by atoms with Gasteiger partial charge in [-0.3, -0.25) is 4.79 Å². The average molecular weight is 360 g/mol. The molecule has 2 N–H and O–H groups in total. The predicted molar refractivity (Wildman–Crippen MR) is 105 cm³/mol. The summed E-state index contributed by atoms with van der Waals surface area (Å²) < 4.78 is 0. The van der Waals surface area contributed by atoms with Gasteiger partial charge in [-0.2, -0.15) is 0 Å². The van der Waals surface area contributed by atoms with Gasteiger partial charge in [0.2, 0.25) is 0 Å². The molecule has 5 heteroatoms. The summed E-state index contributed by atoms with van der Waals surface area (Å²) in [5, 5.41) is 6.74. The highest BCUT2D eigenvalue weighted by molar-refractivity contribution is 8.04. The van der Waals surface area contributed by atoms with Crippen molar-refractivity contribution in [2.45, 2.75) is 51.4 Å². The van der Waals surface area contributed by atoms with Crippen molar-refractivity contribution in [1.29, 1.82) is 0 Å². The van der Waals surface area contributed by atoms with Gasteiger partial charge >= 0.3 is 0 Å². The molecular weight excluding hydrogens is 330 g/mol. The molecule has 1 aromatic carbocycles. The fourth-order valence-corrected chi connectivity index (χ4v) is 5.25. The van der Waals surface area contributed by atoms with Crippen LogP contribution in [0, 0.1) is 13.8 Å². The van der Waals surface area contributed by atoms with E-state index in [0.29, 0.717) is 6.04 Å². The SMILES string of the molecule is CC1=C(C(=O)NCCC2CCCN2C)SC(c2c(C)cccc2C)N1. The fraction of sp³-hybridized carbons (Fsp3) is 0.550. The Balaban J connectivity index is 1.57. The molecule has 0 aliphatic carbocycles. The molecule has 0 spiro atoms. The van der Waals surface area contributed by atoms with Crippen LogP contribution in [0.2, 0.25) is 0 Å². The van der Waals surface area contributed by atoms with Crippen LogP contribution in [0.4, 0.5) is 0 Å². The summed E-state index contributed by atoms with van der Waals surface area (Å²) in [5.41, 5.74) is 4.81. The third-order valence-corrected chi connectivity index (χ3v) is 6.69. The number of carbonyl (C=O) groups excluding carboxylic acids is 1. The number of nitrogens with zero attached hydrogens (tertiary/aromatic N) is 1. The second kappa shape index (κ2) is 7.83. The van der Waals surface area contributed by atoms with Gasteiger partial charge in [0.1, 0.15) is 5.37 Å². The van der Waals surface area contributed by atoms with Crippen molar-refractivity contribution < 1.29 is 4.79 Å². The number of amides is 1. The van der Waals surface area contributed by atoms with E-state index in [1.807, 2.05) is 6.92 Å². The lowest BCUT2D eigenvalue weighted by Crippen LogP contribution is -2.32. The maximum Gasteiger partial charge on any atom is 0.259 e. The lowest BCUT2D eigenvalue weighted by atomic mass is 10.0. The summed E-state index contributed by atoms with van der Waals surface area (Å²) in [7, 11) is 2.18. The van der Waals surface area contributed by atoms with Gasteiger partial charge in [0, 0.05) is 18.3 Å². The molecule has 2 unspecified atom stereocenters. The maximum absolute atomic E-state index is 12.6. The monoisotopic (exact) mass is 359 g/mol. The summed E-state index contributed by atoms with van der Waals surface area (Å²) in [5.74, 6) is 0.0596. The molecule has 2 aliphatic heterocycles. The first kappa shape index (κ1) is 18.3. The van der Waals surface area contributed by atoms with Crippen molar-refractivity contribution in [2.75, 3.05) is 20.1 Å². The van der Waals surface area contributed by atoms with E-state index in [1.165, 1.54) is 36.1 Å². The lowest BCUT2D eigenvalue weighted by Gasteiger charge is -2.19. The Hall–Kier alpha value is -1.46. The zero-order valence-corrected chi connectivity index (χ0v) is 16.5. The number of nitrogens with one attached hydrogen (secondary N) is 2. The quantitative estimate of drug-likeness (QED) is 0.845. The van der Waals surface area contributed by atoms with E-state index >= 15 is 0 Å². The minimum absolute atomic E-state index is 0.0596. The smallest absolute Gasteiger partial charge is 0.259 e. The van der Waals surface area contributed by atoms with Crippen molar-refractivity contribution in [3.63, 3.8) is 0 Å². The number of benzene rings is 1. The van der Waals surface area contributed by atoms with Crippen molar-refractivity contribution in [2.24, 2.45) is 0 Å². The number of rotatable bonds is 5. The lowest BCUT2D eigenvalue weighted by molar-refractivity contribution is -0.116. The number of allylic oxidation sites excluding steroid dienone is 1. The van der Waals surface area contributed by atoms with E-state index in [9.17, 15) is 4.79 Å². The first-order valence-electron chi connectivity index (χ1n) is 9.16. The van der Waals surface area contributed by atoms with Crippen molar-refractivity contribution >= 4 is 17.7 Å². The molecule has 1 aromatic rings. The molecule has 0 radical (unpaired) electrons. The van der Waals surface area contributed by atoms with Gasteiger partial charge in [-0.15, -0.1) is 0 Å². The molecule has 1 amide bonds. The van der Waals surface area contributed by atoms with Crippen molar-refractivity contribution in [1.82, 2.24) is 15.5 Å². The van der Waals surface area contributed by atoms with Gasteiger partial charge in [-0.25, -0.2) is 0 Å². The zero-order valence-electron chi connectivity index (χ0n) is 15.7.